The van der Waals surface area contributed by atoms with E-state index in [0.717, 1.165) is 24.9 Å². The van der Waals surface area contributed by atoms with Gasteiger partial charge in [-0.25, -0.2) is 0 Å². The van der Waals surface area contributed by atoms with Crippen LogP contribution in [0, 0.1) is 0 Å². The van der Waals surface area contributed by atoms with Gasteiger partial charge in [0, 0.05) is 37.8 Å². The summed E-state index contributed by atoms with van der Waals surface area (Å²) in [4.78, 5) is 15.8. The summed E-state index contributed by atoms with van der Waals surface area (Å²) in [5.41, 5.74) is 0.847. The molecular weight excluding hydrogens is 447 g/mol. The molecule has 0 saturated heterocycles. The SMILES string of the molecule is CCOc1ccc(NC(=NC)NCCCC(=O)NC2CC2)cc1OC.I. The van der Waals surface area contributed by atoms with Gasteiger partial charge >= 0.3 is 0 Å². The fraction of sp³-hybridized carbons (Fsp3) is 0.556. The predicted molar refractivity (Wildman–Crippen MR) is 115 cm³/mol. The summed E-state index contributed by atoms with van der Waals surface area (Å²) in [7, 11) is 3.32. The molecular formula is C18H29IN4O3. The number of hydrogen-bond acceptors (Lipinski definition) is 4. The van der Waals surface area contributed by atoms with Crippen LogP contribution >= 0.6 is 24.0 Å². The minimum atomic E-state index is 0. The first kappa shape index (κ1) is 22.3. The molecule has 0 spiro atoms. The first-order chi connectivity index (χ1) is 12.2. The largest absolute Gasteiger partial charge is 0.493 e. The Bertz CT molecular complexity index is 606. The van der Waals surface area contributed by atoms with Crippen molar-refractivity contribution in [1.82, 2.24) is 10.6 Å². The number of carbonyl (C=O) groups excluding carboxylic acids is 1. The summed E-state index contributed by atoms with van der Waals surface area (Å²) >= 11 is 0. The second-order valence-electron chi connectivity index (χ2n) is 5.87. The van der Waals surface area contributed by atoms with Crippen molar-refractivity contribution >= 4 is 41.5 Å². The van der Waals surface area contributed by atoms with Gasteiger partial charge < -0.3 is 25.4 Å². The molecule has 1 aliphatic carbocycles. The minimum Gasteiger partial charge on any atom is -0.493 e. The minimum absolute atomic E-state index is 0. The highest BCUT2D eigenvalue weighted by Crippen LogP contribution is 2.30. The number of halogens is 1. The lowest BCUT2D eigenvalue weighted by Gasteiger charge is -2.14. The Hall–Kier alpha value is -1.71. The monoisotopic (exact) mass is 476 g/mol. The van der Waals surface area contributed by atoms with Gasteiger partial charge in [-0.05, 0) is 38.3 Å². The first-order valence-electron chi connectivity index (χ1n) is 8.74. The Morgan fingerprint density at radius 2 is 2.08 bits per heavy atom. The zero-order chi connectivity index (χ0) is 18.1. The molecule has 0 radical (unpaired) electrons. The summed E-state index contributed by atoms with van der Waals surface area (Å²) in [5.74, 6) is 2.15. The molecule has 0 bridgehead atoms. The van der Waals surface area contributed by atoms with Gasteiger partial charge in [0.1, 0.15) is 0 Å². The number of nitrogens with zero attached hydrogens (tertiary/aromatic N) is 1. The summed E-state index contributed by atoms with van der Waals surface area (Å²) in [6.07, 6.45) is 3.52. The highest BCUT2D eigenvalue weighted by molar-refractivity contribution is 14.0. The van der Waals surface area contributed by atoms with Crippen molar-refractivity contribution < 1.29 is 14.3 Å². The van der Waals surface area contributed by atoms with E-state index in [1.807, 2.05) is 25.1 Å². The van der Waals surface area contributed by atoms with E-state index in [4.69, 9.17) is 9.47 Å². The lowest BCUT2D eigenvalue weighted by Crippen LogP contribution is -2.32. The Labute approximate surface area is 172 Å². The molecule has 0 unspecified atom stereocenters. The lowest BCUT2D eigenvalue weighted by molar-refractivity contribution is -0.121. The van der Waals surface area contributed by atoms with E-state index < -0.39 is 0 Å². The van der Waals surface area contributed by atoms with E-state index in [1.165, 1.54) is 0 Å². The number of guanidine groups is 1. The molecule has 1 aromatic carbocycles. The van der Waals surface area contributed by atoms with Crippen LogP contribution in [0.4, 0.5) is 5.69 Å². The van der Waals surface area contributed by atoms with Crippen LogP contribution in [0.25, 0.3) is 0 Å². The average molecular weight is 476 g/mol. The number of amides is 1. The van der Waals surface area contributed by atoms with E-state index in [9.17, 15) is 4.79 Å². The highest BCUT2D eigenvalue weighted by Gasteiger charge is 2.22. The summed E-state index contributed by atoms with van der Waals surface area (Å²) < 4.78 is 10.9. The molecule has 1 amide bonds. The Balaban J connectivity index is 0.00000338. The Morgan fingerprint density at radius 3 is 2.69 bits per heavy atom. The molecule has 1 aliphatic rings. The van der Waals surface area contributed by atoms with Crippen molar-refractivity contribution in [2.45, 2.75) is 38.6 Å². The van der Waals surface area contributed by atoms with Crippen LogP contribution < -0.4 is 25.4 Å². The predicted octanol–water partition coefficient (Wildman–Crippen LogP) is 2.76. The smallest absolute Gasteiger partial charge is 0.220 e. The van der Waals surface area contributed by atoms with Crippen LogP contribution in [-0.4, -0.2) is 45.2 Å². The lowest BCUT2D eigenvalue weighted by atomic mass is 10.2. The molecule has 26 heavy (non-hydrogen) atoms. The van der Waals surface area contributed by atoms with Crippen LogP contribution in [0.3, 0.4) is 0 Å². The zero-order valence-corrected chi connectivity index (χ0v) is 18.0. The van der Waals surface area contributed by atoms with Crippen molar-refractivity contribution in [3.05, 3.63) is 18.2 Å². The van der Waals surface area contributed by atoms with Crippen LogP contribution in [-0.2, 0) is 4.79 Å². The summed E-state index contributed by atoms with van der Waals surface area (Å²) in [6.45, 7) is 3.19. The van der Waals surface area contributed by atoms with E-state index in [1.54, 1.807) is 14.2 Å². The van der Waals surface area contributed by atoms with Gasteiger partial charge in [-0.2, -0.15) is 0 Å². The molecule has 1 fully saturated rings. The number of anilines is 1. The van der Waals surface area contributed by atoms with E-state index >= 15 is 0 Å². The fourth-order valence-corrected chi connectivity index (χ4v) is 2.32. The number of carbonyl (C=O) groups is 1. The number of benzene rings is 1. The molecule has 8 heteroatoms. The number of nitrogens with one attached hydrogen (secondary N) is 3. The Morgan fingerprint density at radius 1 is 1.31 bits per heavy atom. The molecule has 3 N–H and O–H groups in total. The number of hydrogen-bond donors (Lipinski definition) is 3. The second-order valence-corrected chi connectivity index (χ2v) is 5.87. The van der Waals surface area contributed by atoms with E-state index in [-0.39, 0.29) is 29.9 Å². The molecule has 0 aromatic heterocycles. The average Bonchev–Trinajstić information content (AvgIpc) is 3.42. The molecule has 0 aliphatic heterocycles. The van der Waals surface area contributed by atoms with Crippen molar-refractivity contribution in [3.8, 4) is 11.5 Å². The molecule has 7 nitrogen and oxygen atoms in total. The van der Waals surface area contributed by atoms with Crippen molar-refractivity contribution in [2.24, 2.45) is 4.99 Å². The van der Waals surface area contributed by atoms with Gasteiger partial charge in [0.05, 0.1) is 13.7 Å². The van der Waals surface area contributed by atoms with Gasteiger partial charge in [0.2, 0.25) is 5.91 Å². The third-order valence-electron chi connectivity index (χ3n) is 3.77. The quantitative estimate of drug-likeness (QED) is 0.221. The maximum absolute atomic E-state index is 11.6. The molecule has 1 saturated carbocycles. The highest BCUT2D eigenvalue weighted by atomic mass is 127. The van der Waals surface area contributed by atoms with Crippen molar-refractivity contribution in [2.75, 3.05) is 32.6 Å². The van der Waals surface area contributed by atoms with E-state index in [0.29, 0.717) is 43.1 Å². The normalized spacial score (nSPS) is 13.4. The molecule has 2 rings (SSSR count). The van der Waals surface area contributed by atoms with Crippen LogP contribution in [0.5, 0.6) is 11.5 Å². The summed E-state index contributed by atoms with van der Waals surface area (Å²) in [5, 5.41) is 9.40. The van der Waals surface area contributed by atoms with Crippen molar-refractivity contribution in [3.63, 3.8) is 0 Å². The first-order valence-corrected chi connectivity index (χ1v) is 8.74. The van der Waals surface area contributed by atoms with Gasteiger partial charge in [-0.3, -0.25) is 9.79 Å². The van der Waals surface area contributed by atoms with Crippen LogP contribution in [0.1, 0.15) is 32.6 Å². The maximum atomic E-state index is 11.6. The zero-order valence-electron chi connectivity index (χ0n) is 15.6. The topological polar surface area (TPSA) is 84.0 Å². The third kappa shape index (κ3) is 7.67. The Kier molecular flexibility index (Phi) is 10.2. The maximum Gasteiger partial charge on any atom is 0.220 e. The van der Waals surface area contributed by atoms with E-state index in [2.05, 4.69) is 20.9 Å². The summed E-state index contributed by atoms with van der Waals surface area (Å²) in [6, 6.07) is 6.05. The van der Waals surface area contributed by atoms with Gasteiger partial charge in [-0.1, -0.05) is 0 Å². The molecule has 0 atom stereocenters. The number of ether oxygens (including phenoxy) is 2. The fourth-order valence-electron chi connectivity index (χ4n) is 2.32. The van der Waals surface area contributed by atoms with Gasteiger partial charge in [0.15, 0.2) is 17.5 Å². The molecule has 1 aromatic rings. The van der Waals surface area contributed by atoms with Crippen LogP contribution in [0.15, 0.2) is 23.2 Å². The van der Waals surface area contributed by atoms with Gasteiger partial charge in [-0.15, -0.1) is 24.0 Å². The van der Waals surface area contributed by atoms with Gasteiger partial charge in [0.25, 0.3) is 0 Å². The third-order valence-corrected chi connectivity index (χ3v) is 3.77. The molecule has 0 heterocycles. The van der Waals surface area contributed by atoms with Crippen molar-refractivity contribution in [1.29, 1.82) is 0 Å². The number of rotatable bonds is 9. The van der Waals surface area contributed by atoms with Crippen LogP contribution in [0.2, 0.25) is 0 Å². The molecule has 146 valence electrons. The second kappa shape index (κ2) is 11.8. The number of methoxy groups -OCH3 is 1. The number of aliphatic imine (C=N–C) groups is 1. The standard InChI is InChI=1S/C18H28N4O3.HI/c1-4-25-15-10-9-14(12-16(15)24-3)22-18(19-2)20-11-5-6-17(23)21-13-7-8-13;/h9-10,12-13H,4-8,11H2,1-3H3,(H,21,23)(H2,19,20,22);1H.